The summed E-state index contributed by atoms with van der Waals surface area (Å²) in [6.07, 6.45) is 0. The number of carbonyl (C=O) groups excluding carboxylic acids is 1. The van der Waals surface area contributed by atoms with Gasteiger partial charge in [-0.15, -0.1) is 0 Å². The van der Waals surface area contributed by atoms with Gasteiger partial charge in [0.25, 0.3) is 11.5 Å². The summed E-state index contributed by atoms with van der Waals surface area (Å²) in [5, 5.41) is 0.543. The number of hydrogen-bond acceptors (Lipinski definition) is 4. The highest BCUT2D eigenvalue weighted by Crippen LogP contribution is 2.25. The van der Waals surface area contributed by atoms with Crippen LogP contribution in [0, 0.1) is 13.8 Å². The molecule has 1 aromatic heterocycles. The maximum atomic E-state index is 13.7. The molecule has 4 aromatic rings. The Morgan fingerprint density at radius 2 is 1.74 bits per heavy atom. The molecule has 1 unspecified atom stereocenters. The summed E-state index contributed by atoms with van der Waals surface area (Å²) >= 11 is 0. The van der Waals surface area contributed by atoms with Crippen LogP contribution >= 0.6 is 0 Å². The van der Waals surface area contributed by atoms with Crippen LogP contribution in [-0.4, -0.2) is 34.0 Å². The highest BCUT2D eigenvalue weighted by Gasteiger charge is 2.26. The van der Waals surface area contributed by atoms with Gasteiger partial charge in [0.05, 0.1) is 29.7 Å². The monoisotopic (exact) mass is 455 g/mol. The van der Waals surface area contributed by atoms with Gasteiger partial charge in [0.15, 0.2) is 0 Å². The lowest BCUT2D eigenvalue weighted by atomic mass is 10.1. The van der Waals surface area contributed by atoms with Gasteiger partial charge in [-0.05, 0) is 87.4 Å². The van der Waals surface area contributed by atoms with Crippen molar-refractivity contribution >= 4 is 16.8 Å². The first kappa shape index (κ1) is 23.2. The van der Waals surface area contributed by atoms with Gasteiger partial charge in [-0.1, -0.05) is 18.2 Å². The number of nitrogens with zero attached hydrogens (tertiary/aromatic N) is 3. The fraction of sp³-hybridized carbons (Fsp3) is 0.250. The maximum Gasteiger partial charge on any atom is 0.266 e. The standard InChI is InChI=1S/C28H29N3O3/c1-6-30(27(32)21-12-15-23(34-5)16-13-21)20(4)26-29-25-10-8-7-9-24(25)28(33)31(26)22-14-11-18(2)19(3)17-22/h7-17,20H,6H2,1-5H3. The molecule has 174 valence electrons. The molecule has 4 rings (SSSR count). The Labute approximate surface area is 199 Å². The van der Waals surface area contributed by atoms with E-state index in [1.54, 1.807) is 46.9 Å². The molecule has 1 heterocycles. The van der Waals surface area contributed by atoms with Gasteiger partial charge in [-0.3, -0.25) is 14.2 Å². The number of ether oxygens (including phenoxy) is 1. The third kappa shape index (κ3) is 4.19. The first-order chi connectivity index (χ1) is 16.3. The van der Waals surface area contributed by atoms with Crippen LogP contribution in [0.5, 0.6) is 5.75 Å². The Hall–Kier alpha value is -3.93. The molecule has 0 aliphatic carbocycles. The highest BCUT2D eigenvalue weighted by molar-refractivity contribution is 5.94. The van der Waals surface area contributed by atoms with Gasteiger partial charge in [0.1, 0.15) is 11.6 Å². The molecule has 6 heteroatoms. The maximum absolute atomic E-state index is 13.7. The minimum absolute atomic E-state index is 0.133. The molecule has 1 atom stereocenters. The lowest BCUT2D eigenvalue weighted by Crippen LogP contribution is -2.37. The molecular weight excluding hydrogens is 426 g/mol. The average molecular weight is 456 g/mol. The number of methoxy groups -OCH3 is 1. The molecular formula is C28H29N3O3. The molecule has 0 aliphatic rings. The van der Waals surface area contributed by atoms with E-state index < -0.39 is 6.04 Å². The predicted octanol–water partition coefficient (Wildman–Crippen LogP) is 5.23. The second-order valence-corrected chi connectivity index (χ2v) is 8.39. The normalized spacial score (nSPS) is 11.9. The van der Waals surface area contributed by atoms with E-state index in [-0.39, 0.29) is 11.5 Å². The first-order valence-electron chi connectivity index (χ1n) is 11.4. The third-order valence-corrected chi connectivity index (χ3v) is 6.33. The fourth-order valence-corrected chi connectivity index (χ4v) is 4.18. The zero-order valence-corrected chi connectivity index (χ0v) is 20.2. The van der Waals surface area contributed by atoms with E-state index >= 15 is 0 Å². The van der Waals surface area contributed by atoms with E-state index in [1.807, 2.05) is 64.1 Å². The average Bonchev–Trinajstić information content (AvgIpc) is 2.86. The molecule has 0 saturated heterocycles. The Balaban J connectivity index is 1.88. The number of hydrogen-bond donors (Lipinski definition) is 0. The number of fused-ring (bicyclic) bond motifs is 1. The topological polar surface area (TPSA) is 64.4 Å². The molecule has 3 aromatic carbocycles. The molecule has 0 fully saturated rings. The van der Waals surface area contributed by atoms with Crippen molar-refractivity contribution in [3.05, 3.63) is 99.6 Å². The van der Waals surface area contributed by atoms with Crippen LogP contribution in [-0.2, 0) is 0 Å². The smallest absolute Gasteiger partial charge is 0.266 e. The number of amides is 1. The molecule has 34 heavy (non-hydrogen) atoms. The molecule has 0 radical (unpaired) electrons. The second kappa shape index (κ2) is 9.51. The van der Waals surface area contributed by atoms with Gasteiger partial charge < -0.3 is 9.64 Å². The van der Waals surface area contributed by atoms with Crippen molar-refractivity contribution in [2.24, 2.45) is 0 Å². The SMILES string of the molecule is CCN(C(=O)c1ccc(OC)cc1)C(C)c1nc2ccccc2c(=O)n1-c1ccc(C)c(C)c1. The summed E-state index contributed by atoms with van der Waals surface area (Å²) in [6, 6.07) is 19.8. The molecule has 6 nitrogen and oxygen atoms in total. The Bertz CT molecular complexity index is 1410. The highest BCUT2D eigenvalue weighted by atomic mass is 16.5. The van der Waals surface area contributed by atoms with Crippen molar-refractivity contribution in [3.8, 4) is 11.4 Å². The summed E-state index contributed by atoms with van der Waals surface area (Å²) in [5.41, 5.74) is 3.98. The number of benzene rings is 3. The van der Waals surface area contributed by atoms with Crippen LogP contribution in [0.2, 0.25) is 0 Å². The van der Waals surface area contributed by atoms with Crippen LogP contribution in [0.1, 0.15) is 47.2 Å². The summed E-state index contributed by atoms with van der Waals surface area (Å²) in [4.78, 5) is 33.8. The summed E-state index contributed by atoms with van der Waals surface area (Å²) < 4.78 is 6.86. The van der Waals surface area contributed by atoms with Crippen molar-refractivity contribution in [2.75, 3.05) is 13.7 Å². The number of rotatable bonds is 6. The number of aromatic nitrogens is 2. The van der Waals surface area contributed by atoms with E-state index in [1.165, 1.54) is 0 Å². The fourth-order valence-electron chi connectivity index (χ4n) is 4.18. The minimum atomic E-state index is -0.446. The zero-order chi connectivity index (χ0) is 24.4. The molecule has 0 saturated carbocycles. The van der Waals surface area contributed by atoms with Crippen molar-refractivity contribution in [3.63, 3.8) is 0 Å². The molecule has 0 bridgehead atoms. The van der Waals surface area contributed by atoms with Gasteiger partial charge in [-0.2, -0.15) is 0 Å². The number of carbonyl (C=O) groups is 1. The first-order valence-corrected chi connectivity index (χ1v) is 11.4. The number of aryl methyl sites for hydroxylation is 2. The second-order valence-electron chi connectivity index (χ2n) is 8.39. The van der Waals surface area contributed by atoms with Crippen molar-refractivity contribution in [1.29, 1.82) is 0 Å². The molecule has 0 spiro atoms. The Morgan fingerprint density at radius 3 is 2.38 bits per heavy atom. The zero-order valence-electron chi connectivity index (χ0n) is 20.2. The largest absolute Gasteiger partial charge is 0.497 e. The van der Waals surface area contributed by atoms with Gasteiger partial charge in [0, 0.05) is 12.1 Å². The van der Waals surface area contributed by atoms with E-state index in [4.69, 9.17) is 9.72 Å². The van der Waals surface area contributed by atoms with Crippen LogP contribution < -0.4 is 10.3 Å². The minimum Gasteiger partial charge on any atom is -0.497 e. The summed E-state index contributed by atoms with van der Waals surface area (Å²) in [5.74, 6) is 1.08. The molecule has 0 N–H and O–H groups in total. The van der Waals surface area contributed by atoms with Crippen LogP contribution in [0.3, 0.4) is 0 Å². The van der Waals surface area contributed by atoms with Crippen LogP contribution in [0.15, 0.2) is 71.5 Å². The van der Waals surface area contributed by atoms with Gasteiger partial charge in [-0.25, -0.2) is 4.98 Å². The lowest BCUT2D eigenvalue weighted by Gasteiger charge is -2.29. The van der Waals surface area contributed by atoms with Gasteiger partial charge in [0.2, 0.25) is 0 Å². The lowest BCUT2D eigenvalue weighted by molar-refractivity contribution is 0.0693. The summed E-state index contributed by atoms with van der Waals surface area (Å²) in [6.45, 7) is 8.36. The molecule has 1 amide bonds. The molecule has 0 aliphatic heterocycles. The van der Waals surface area contributed by atoms with E-state index in [0.717, 1.165) is 16.8 Å². The quantitative estimate of drug-likeness (QED) is 0.399. The Morgan fingerprint density at radius 1 is 1.03 bits per heavy atom. The van der Waals surface area contributed by atoms with E-state index in [0.29, 0.717) is 34.6 Å². The van der Waals surface area contributed by atoms with E-state index in [2.05, 4.69) is 0 Å². The van der Waals surface area contributed by atoms with E-state index in [9.17, 15) is 9.59 Å². The Kier molecular flexibility index (Phi) is 6.50. The van der Waals surface area contributed by atoms with Gasteiger partial charge >= 0.3 is 0 Å². The van der Waals surface area contributed by atoms with Crippen LogP contribution in [0.25, 0.3) is 16.6 Å². The third-order valence-electron chi connectivity index (χ3n) is 6.33. The number of para-hydroxylation sites is 1. The van der Waals surface area contributed by atoms with Crippen molar-refractivity contribution in [1.82, 2.24) is 14.5 Å². The summed E-state index contributed by atoms with van der Waals surface area (Å²) in [7, 11) is 1.59. The van der Waals surface area contributed by atoms with Crippen molar-refractivity contribution < 1.29 is 9.53 Å². The van der Waals surface area contributed by atoms with Crippen molar-refractivity contribution in [2.45, 2.75) is 33.7 Å². The predicted molar refractivity (Wildman–Crippen MR) is 135 cm³/mol. The van der Waals surface area contributed by atoms with Crippen LogP contribution in [0.4, 0.5) is 0 Å².